The van der Waals surface area contributed by atoms with Crippen LogP contribution in [0, 0.1) is 5.92 Å². The summed E-state index contributed by atoms with van der Waals surface area (Å²) < 4.78 is 0. The maximum absolute atomic E-state index is 11.9. The molecule has 0 spiro atoms. The molecule has 0 atom stereocenters. The lowest BCUT2D eigenvalue weighted by Crippen LogP contribution is -2.35. The number of aryl methyl sites for hydroxylation is 1. The third-order valence-electron chi connectivity index (χ3n) is 4.64. The van der Waals surface area contributed by atoms with E-state index in [2.05, 4.69) is 10.6 Å². The summed E-state index contributed by atoms with van der Waals surface area (Å²) in [5, 5.41) is 5.73. The summed E-state index contributed by atoms with van der Waals surface area (Å²) in [5.74, 6) is 0.637. The van der Waals surface area contributed by atoms with Gasteiger partial charge in [0.25, 0.3) is 0 Å². The van der Waals surface area contributed by atoms with Crippen LogP contribution in [0.2, 0.25) is 0 Å². The van der Waals surface area contributed by atoms with Gasteiger partial charge in [-0.15, -0.1) is 12.4 Å². The van der Waals surface area contributed by atoms with Crippen LogP contribution in [0.25, 0.3) is 0 Å². The number of nitrogens with two attached hydrogens (primary N) is 1. The van der Waals surface area contributed by atoms with Crippen LogP contribution in [-0.4, -0.2) is 24.9 Å². The molecule has 5 nitrogen and oxygen atoms in total. The number of amides is 2. The second-order valence-electron chi connectivity index (χ2n) is 6.61. The Balaban J connectivity index is 0.00000312. The minimum Gasteiger partial charge on any atom is -0.399 e. The van der Waals surface area contributed by atoms with Gasteiger partial charge in [-0.2, -0.15) is 0 Å². The highest BCUT2D eigenvalue weighted by Crippen LogP contribution is 2.25. The Bertz CT molecular complexity index is 545. The van der Waals surface area contributed by atoms with E-state index in [1.807, 2.05) is 24.3 Å². The maximum atomic E-state index is 11.9. The molecular weight excluding hydrogens is 338 g/mol. The van der Waals surface area contributed by atoms with E-state index in [0.717, 1.165) is 11.3 Å². The van der Waals surface area contributed by atoms with E-state index in [1.54, 1.807) is 0 Å². The Morgan fingerprint density at radius 3 is 2.32 bits per heavy atom. The van der Waals surface area contributed by atoms with Crippen molar-refractivity contribution in [3.05, 3.63) is 29.8 Å². The molecule has 0 bridgehead atoms. The molecule has 25 heavy (non-hydrogen) atoms. The van der Waals surface area contributed by atoms with Gasteiger partial charge in [0.05, 0.1) is 0 Å². The van der Waals surface area contributed by atoms with Gasteiger partial charge in [-0.1, -0.05) is 37.5 Å². The summed E-state index contributed by atoms with van der Waals surface area (Å²) in [5.41, 5.74) is 7.58. The minimum atomic E-state index is -0.0141. The Kier molecular flexibility index (Phi) is 10.0. The molecule has 0 aromatic heterocycles. The molecule has 1 aromatic rings. The zero-order chi connectivity index (χ0) is 17.2. The predicted octanol–water partition coefficient (Wildman–Crippen LogP) is 2.83. The van der Waals surface area contributed by atoms with Crippen LogP contribution in [0.4, 0.5) is 5.69 Å². The normalized spacial score (nSPS) is 14.4. The van der Waals surface area contributed by atoms with Gasteiger partial charge >= 0.3 is 0 Å². The number of hydrogen-bond donors (Lipinski definition) is 3. The highest BCUT2D eigenvalue weighted by atomic mass is 35.5. The zero-order valence-electron chi connectivity index (χ0n) is 14.8. The highest BCUT2D eigenvalue weighted by Gasteiger charge is 2.16. The van der Waals surface area contributed by atoms with Crippen molar-refractivity contribution in [3.63, 3.8) is 0 Å². The number of carbonyl (C=O) groups is 2. The van der Waals surface area contributed by atoms with Crippen molar-refractivity contribution in [1.29, 1.82) is 0 Å². The first-order valence-corrected chi connectivity index (χ1v) is 9.02. The quantitative estimate of drug-likeness (QED) is 0.488. The van der Waals surface area contributed by atoms with Crippen molar-refractivity contribution in [1.82, 2.24) is 10.6 Å². The SMILES string of the molecule is Cl.Nc1ccccc1CCC(=O)NCCNC(=O)CC1CCCCC1. The van der Waals surface area contributed by atoms with Gasteiger partial charge in [0.1, 0.15) is 0 Å². The molecule has 0 aliphatic heterocycles. The fourth-order valence-electron chi connectivity index (χ4n) is 3.23. The molecule has 6 heteroatoms. The third-order valence-corrected chi connectivity index (χ3v) is 4.64. The van der Waals surface area contributed by atoms with Crippen LogP contribution < -0.4 is 16.4 Å². The number of nitrogen functional groups attached to an aromatic ring is 1. The third kappa shape index (κ3) is 8.25. The summed E-state index contributed by atoms with van der Waals surface area (Å²) in [4.78, 5) is 23.7. The number of rotatable bonds is 8. The molecule has 1 saturated carbocycles. The molecule has 0 unspecified atom stereocenters. The van der Waals surface area contributed by atoms with E-state index in [9.17, 15) is 9.59 Å². The lowest BCUT2D eigenvalue weighted by molar-refractivity contribution is -0.123. The van der Waals surface area contributed by atoms with Gasteiger partial charge in [0, 0.05) is 31.6 Å². The monoisotopic (exact) mass is 367 g/mol. The first-order chi connectivity index (χ1) is 11.6. The number of hydrogen-bond acceptors (Lipinski definition) is 3. The lowest BCUT2D eigenvalue weighted by atomic mass is 9.87. The van der Waals surface area contributed by atoms with Crippen molar-refractivity contribution in [2.75, 3.05) is 18.8 Å². The highest BCUT2D eigenvalue weighted by molar-refractivity contribution is 5.85. The van der Waals surface area contributed by atoms with E-state index >= 15 is 0 Å². The topological polar surface area (TPSA) is 84.2 Å². The number of carbonyl (C=O) groups excluding carboxylic acids is 2. The Morgan fingerprint density at radius 1 is 1.00 bits per heavy atom. The van der Waals surface area contributed by atoms with Gasteiger partial charge in [-0.25, -0.2) is 0 Å². The fraction of sp³-hybridized carbons (Fsp3) is 0.579. The average molecular weight is 368 g/mol. The van der Waals surface area contributed by atoms with Crippen molar-refractivity contribution >= 4 is 29.9 Å². The summed E-state index contributed by atoms with van der Waals surface area (Å²) in [6, 6.07) is 7.59. The summed E-state index contributed by atoms with van der Waals surface area (Å²) in [6.07, 6.45) is 7.82. The number of anilines is 1. The smallest absolute Gasteiger partial charge is 0.220 e. The first-order valence-electron chi connectivity index (χ1n) is 9.02. The second-order valence-corrected chi connectivity index (χ2v) is 6.61. The van der Waals surface area contributed by atoms with Crippen LogP contribution in [0.15, 0.2) is 24.3 Å². The average Bonchev–Trinajstić information content (AvgIpc) is 2.59. The van der Waals surface area contributed by atoms with E-state index in [-0.39, 0.29) is 24.2 Å². The Labute approximate surface area is 156 Å². The molecule has 4 N–H and O–H groups in total. The van der Waals surface area contributed by atoms with Crippen LogP contribution in [0.5, 0.6) is 0 Å². The second kappa shape index (κ2) is 11.7. The molecule has 1 aromatic carbocycles. The van der Waals surface area contributed by atoms with E-state index in [4.69, 9.17) is 5.73 Å². The van der Waals surface area contributed by atoms with Gasteiger partial charge in [0.2, 0.25) is 11.8 Å². The van der Waals surface area contributed by atoms with Crippen molar-refractivity contribution in [2.24, 2.45) is 5.92 Å². The van der Waals surface area contributed by atoms with Crippen LogP contribution in [0.3, 0.4) is 0 Å². The molecule has 0 radical (unpaired) electrons. The molecule has 0 saturated heterocycles. The standard InChI is InChI=1S/C19H29N3O2.ClH/c20-17-9-5-4-8-16(17)10-11-18(23)21-12-13-22-19(24)14-15-6-2-1-3-7-15;/h4-5,8-9,15H,1-3,6-7,10-14,20H2,(H,21,23)(H,22,24);1H. The Morgan fingerprint density at radius 2 is 1.64 bits per heavy atom. The largest absolute Gasteiger partial charge is 0.399 e. The molecule has 140 valence electrons. The van der Waals surface area contributed by atoms with E-state index in [0.29, 0.717) is 38.3 Å². The predicted molar refractivity (Wildman–Crippen MR) is 104 cm³/mol. The molecule has 2 rings (SSSR count). The van der Waals surface area contributed by atoms with Gasteiger partial charge in [-0.3, -0.25) is 9.59 Å². The minimum absolute atomic E-state index is 0. The van der Waals surface area contributed by atoms with Crippen molar-refractivity contribution < 1.29 is 9.59 Å². The number of para-hydroxylation sites is 1. The van der Waals surface area contributed by atoms with Gasteiger partial charge < -0.3 is 16.4 Å². The Hall–Kier alpha value is -1.75. The van der Waals surface area contributed by atoms with Gasteiger partial charge in [0.15, 0.2) is 0 Å². The molecular formula is C19H30ClN3O2. The molecule has 1 fully saturated rings. The first kappa shape index (κ1) is 21.3. The van der Waals surface area contributed by atoms with E-state index < -0.39 is 0 Å². The number of halogens is 1. The van der Waals surface area contributed by atoms with Crippen LogP contribution >= 0.6 is 12.4 Å². The van der Waals surface area contributed by atoms with Crippen molar-refractivity contribution in [2.45, 2.75) is 51.4 Å². The number of nitrogens with one attached hydrogen (secondary N) is 2. The summed E-state index contributed by atoms with van der Waals surface area (Å²) >= 11 is 0. The summed E-state index contributed by atoms with van der Waals surface area (Å²) in [6.45, 7) is 0.963. The molecule has 0 heterocycles. The van der Waals surface area contributed by atoms with Gasteiger partial charge in [-0.05, 0) is 36.8 Å². The maximum Gasteiger partial charge on any atom is 0.220 e. The van der Waals surface area contributed by atoms with Crippen LogP contribution in [-0.2, 0) is 16.0 Å². The molecule has 1 aliphatic carbocycles. The molecule has 1 aliphatic rings. The zero-order valence-corrected chi connectivity index (χ0v) is 15.6. The lowest BCUT2D eigenvalue weighted by Gasteiger charge is -2.20. The molecule has 2 amide bonds. The number of benzene rings is 1. The summed E-state index contributed by atoms with van der Waals surface area (Å²) in [7, 11) is 0. The van der Waals surface area contributed by atoms with Crippen molar-refractivity contribution in [3.8, 4) is 0 Å². The van der Waals surface area contributed by atoms with E-state index in [1.165, 1.54) is 32.1 Å². The fourth-order valence-corrected chi connectivity index (χ4v) is 3.23. The van der Waals surface area contributed by atoms with Crippen LogP contribution in [0.1, 0.15) is 50.5 Å².